The fourth-order valence-electron chi connectivity index (χ4n) is 2.66. The lowest BCUT2D eigenvalue weighted by Crippen LogP contribution is -2.44. The summed E-state index contributed by atoms with van der Waals surface area (Å²) in [6.07, 6.45) is 1.57. The summed E-state index contributed by atoms with van der Waals surface area (Å²) in [6.45, 7) is -0.811. The molecule has 1 heterocycles. The van der Waals surface area contributed by atoms with Crippen LogP contribution in [0.3, 0.4) is 0 Å². The second-order valence-corrected chi connectivity index (χ2v) is 7.52. The Labute approximate surface area is 139 Å². The molecule has 6 nitrogen and oxygen atoms in total. The van der Waals surface area contributed by atoms with Crippen LogP contribution in [0.2, 0.25) is 0 Å². The molecule has 0 aliphatic carbocycles. The number of hydrogen-bond acceptors (Lipinski definition) is 4. The number of rotatable bonds is 7. The zero-order valence-electron chi connectivity index (χ0n) is 13.2. The molecular formula is C15H20F2N2O4S. The van der Waals surface area contributed by atoms with Gasteiger partial charge in [0.1, 0.15) is 11.8 Å². The Hall–Kier alpha value is -1.74. The fourth-order valence-corrected chi connectivity index (χ4v) is 4.40. The van der Waals surface area contributed by atoms with E-state index in [-0.39, 0.29) is 11.5 Å². The maximum atomic E-state index is 12.4. The van der Waals surface area contributed by atoms with Gasteiger partial charge in [-0.15, -0.1) is 0 Å². The first-order valence-electron chi connectivity index (χ1n) is 7.68. The normalized spacial score (nSPS) is 18.8. The highest BCUT2D eigenvalue weighted by atomic mass is 32.2. The van der Waals surface area contributed by atoms with Gasteiger partial charge in [-0.2, -0.15) is 13.1 Å². The van der Waals surface area contributed by atoms with Crippen LogP contribution in [0.4, 0.5) is 14.5 Å². The molecule has 1 amide bonds. The van der Waals surface area contributed by atoms with Crippen LogP contribution in [0.25, 0.3) is 0 Å². The first kappa shape index (κ1) is 18.6. The molecule has 0 bridgehead atoms. The number of halogens is 2. The van der Waals surface area contributed by atoms with Crippen molar-refractivity contribution in [1.82, 2.24) is 4.31 Å². The molecule has 1 fully saturated rings. The summed E-state index contributed by atoms with van der Waals surface area (Å²) in [5, 5.41) is 2.62. The van der Waals surface area contributed by atoms with E-state index in [1.165, 1.54) is 28.6 Å². The number of alkyl halides is 2. The summed E-state index contributed by atoms with van der Waals surface area (Å²) >= 11 is 0. The number of nitrogens with one attached hydrogen (secondary N) is 1. The van der Waals surface area contributed by atoms with E-state index in [0.717, 1.165) is 0 Å². The largest absolute Gasteiger partial charge is 0.435 e. The molecule has 1 aromatic rings. The molecule has 9 heteroatoms. The van der Waals surface area contributed by atoms with Crippen molar-refractivity contribution < 1.29 is 26.7 Å². The molecule has 0 radical (unpaired) electrons. The Kier molecular flexibility index (Phi) is 6.11. The van der Waals surface area contributed by atoms with Crippen LogP contribution < -0.4 is 10.1 Å². The van der Waals surface area contributed by atoms with E-state index >= 15 is 0 Å². The Morgan fingerprint density at radius 3 is 2.62 bits per heavy atom. The van der Waals surface area contributed by atoms with E-state index in [2.05, 4.69) is 10.1 Å². The van der Waals surface area contributed by atoms with Gasteiger partial charge in [-0.05, 0) is 43.5 Å². The van der Waals surface area contributed by atoms with Crippen LogP contribution >= 0.6 is 0 Å². The van der Waals surface area contributed by atoms with Gasteiger partial charge in [-0.3, -0.25) is 4.79 Å². The lowest BCUT2D eigenvalue weighted by molar-refractivity contribution is -0.119. The van der Waals surface area contributed by atoms with Crippen LogP contribution in [0.1, 0.15) is 26.2 Å². The smallest absolute Gasteiger partial charge is 0.387 e. The van der Waals surface area contributed by atoms with Crippen LogP contribution in [0.5, 0.6) is 5.75 Å². The first-order chi connectivity index (χ1) is 11.3. The van der Waals surface area contributed by atoms with Gasteiger partial charge in [0.2, 0.25) is 15.9 Å². The summed E-state index contributed by atoms with van der Waals surface area (Å²) in [5.74, 6) is -0.429. The average molecular weight is 362 g/mol. The molecule has 1 unspecified atom stereocenters. The number of anilines is 1. The molecule has 1 atom stereocenters. The third-order valence-corrected chi connectivity index (χ3v) is 5.75. The van der Waals surface area contributed by atoms with Gasteiger partial charge in [-0.1, -0.05) is 6.92 Å². The molecule has 1 aliphatic heterocycles. The molecule has 1 saturated heterocycles. The van der Waals surface area contributed by atoms with Crippen molar-refractivity contribution in [2.75, 3.05) is 17.6 Å². The summed E-state index contributed by atoms with van der Waals surface area (Å²) in [6, 6.07) is 4.73. The van der Waals surface area contributed by atoms with Gasteiger partial charge < -0.3 is 10.1 Å². The van der Waals surface area contributed by atoms with Gasteiger partial charge in [-0.25, -0.2) is 8.42 Å². The average Bonchev–Trinajstić information content (AvgIpc) is 2.99. The molecule has 134 valence electrons. The van der Waals surface area contributed by atoms with Crippen LogP contribution in [0.15, 0.2) is 24.3 Å². The first-order valence-corrected chi connectivity index (χ1v) is 9.29. The zero-order valence-corrected chi connectivity index (χ0v) is 14.1. The maximum Gasteiger partial charge on any atom is 0.387 e. The van der Waals surface area contributed by atoms with Crippen molar-refractivity contribution in [2.45, 2.75) is 38.8 Å². The molecule has 2 rings (SSSR count). The van der Waals surface area contributed by atoms with E-state index in [9.17, 15) is 22.0 Å². The molecule has 1 N–H and O–H groups in total. The monoisotopic (exact) mass is 362 g/mol. The van der Waals surface area contributed by atoms with Crippen molar-refractivity contribution in [1.29, 1.82) is 0 Å². The third kappa shape index (κ3) is 4.64. The summed E-state index contributed by atoms with van der Waals surface area (Å²) in [4.78, 5) is 12.4. The number of amides is 1. The van der Waals surface area contributed by atoms with E-state index in [0.29, 0.717) is 31.5 Å². The maximum absolute atomic E-state index is 12.4. The highest BCUT2D eigenvalue weighted by Gasteiger charge is 2.38. The van der Waals surface area contributed by atoms with E-state index < -0.39 is 28.6 Å². The minimum absolute atomic E-state index is 0.0104. The second kappa shape index (κ2) is 7.89. The number of nitrogens with zero attached hydrogens (tertiary/aromatic N) is 1. The van der Waals surface area contributed by atoms with E-state index in [4.69, 9.17) is 0 Å². The number of benzene rings is 1. The molecule has 1 aromatic carbocycles. The van der Waals surface area contributed by atoms with Gasteiger partial charge >= 0.3 is 6.61 Å². The zero-order chi connectivity index (χ0) is 17.7. The Bertz CT molecular complexity index is 665. The number of hydrogen-bond donors (Lipinski definition) is 1. The van der Waals surface area contributed by atoms with E-state index in [1.54, 1.807) is 6.92 Å². The Morgan fingerprint density at radius 1 is 1.38 bits per heavy atom. The summed E-state index contributed by atoms with van der Waals surface area (Å²) in [5.41, 5.74) is 0.390. The fraction of sp³-hybridized carbons (Fsp3) is 0.533. The van der Waals surface area contributed by atoms with Crippen molar-refractivity contribution in [3.8, 4) is 5.75 Å². The quantitative estimate of drug-likeness (QED) is 0.808. The van der Waals surface area contributed by atoms with Crippen LogP contribution in [-0.4, -0.2) is 43.6 Å². The lowest BCUT2D eigenvalue weighted by Gasteiger charge is -2.23. The molecule has 0 saturated carbocycles. The van der Waals surface area contributed by atoms with Gasteiger partial charge in [0.05, 0.1) is 5.75 Å². The third-order valence-electron chi connectivity index (χ3n) is 3.67. The SMILES string of the molecule is CCCS(=O)(=O)N1CCCC1C(=O)Nc1ccc(OC(F)F)cc1. The van der Waals surface area contributed by atoms with Crippen molar-refractivity contribution in [2.24, 2.45) is 0 Å². The second-order valence-electron chi connectivity index (χ2n) is 5.48. The number of ether oxygens (including phenoxy) is 1. The lowest BCUT2D eigenvalue weighted by atomic mass is 10.2. The molecule has 24 heavy (non-hydrogen) atoms. The summed E-state index contributed by atoms with van der Waals surface area (Å²) in [7, 11) is -3.45. The predicted octanol–water partition coefficient (Wildman–Crippen LogP) is 2.43. The Balaban J connectivity index is 2.03. The highest BCUT2D eigenvalue weighted by Crippen LogP contribution is 2.24. The molecule has 1 aliphatic rings. The number of carbonyl (C=O) groups is 1. The number of sulfonamides is 1. The molecule has 0 spiro atoms. The van der Waals surface area contributed by atoms with Gasteiger partial charge in [0.15, 0.2) is 0 Å². The van der Waals surface area contributed by atoms with Gasteiger partial charge in [0.25, 0.3) is 0 Å². The van der Waals surface area contributed by atoms with Crippen LogP contribution in [-0.2, 0) is 14.8 Å². The molecular weight excluding hydrogens is 342 g/mol. The number of carbonyl (C=O) groups excluding carboxylic acids is 1. The van der Waals surface area contributed by atoms with Crippen molar-refractivity contribution in [3.05, 3.63) is 24.3 Å². The minimum Gasteiger partial charge on any atom is -0.435 e. The van der Waals surface area contributed by atoms with E-state index in [1.807, 2.05) is 0 Å². The highest BCUT2D eigenvalue weighted by molar-refractivity contribution is 7.89. The van der Waals surface area contributed by atoms with Crippen LogP contribution in [0, 0.1) is 0 Å². The van der Waals surface area contributed by atoms with Gasteiger partial charge in [0, 0.05) is 12.2 Å². The standard InChI is InChI=1S/C15H20F2N2O4S/c1-2-10-24(21,22)19-9-3-4-13(19)14(20)18-11-5-7-12(8-6-11)23-15(16)17/h5-8,13,15H,2-4,9-10H2,1H3,(H,18,20). The summed E-state index contributed by atoms with van der Waals surface area (Å²) < 4.78 is 54.1. The van der Waals surface area contributed by atoms with Crippen molar-refractivity contribution in [3.63, 3.8) is 0 Å². The topological polar surface area (TPSA) is 75.7 Å². The predicted molar refractivity (Wildman–Crippen MR) is 85.5 cm³/mol. The molecule has 0 aromatic heterocycles. The minimum atomic E-state index is -3.45. The van der Waals surface area contributed by atoms with Crippen molar-refractivity contribution >= 4 is 21.6 Å². The Morgan fingerprint density at radius 2 is 2.04 bits per heavy atom.